The topological polar surface area (TPSA) is 164 Å². The number of carbonyl (C=O) groups excluding carboxylic acids is 2. The van der Waals surface area contributed by atoms with Gasteiger partial charge in [0.2, 0.25) is 0 Å². The van der Waals surface area contributed by atoms with Crippen LogP contribution in [-0.2, 0) is 12.7 Å². The van der Waals surface area contributed by atoms with Crippen LogP contribution in [0.4, 0.5) is 13.2 Å². The molecule has 0 fully saturated rings. The van der Waals surface area contributed by atoms with E-state index >= 15 is 0 Å². The minimum Gasteiger partial charge on any atom is -0.364 e. The molecular formula is C33H26F3N7O2. The van der Waals surface area contributed by atoms with Crippen LogP contribution in [-0.4, -0.2) is 31.8 Å². The number of benzene rings is 2. The van der Waals surface area contributed by atoms with Crippen LogP contribution in [0, 0.1) is 6.92 Å². The van der Waals surface area contributed by atoms with E-state index in [1.807, 2.05) is 24.3 Å². The van der Waals surface area contributed by atoms with Gasteiger partial charge in [-0.15, -0.1) is 0 Å². The zero-order valence-electron chi connectivity index (χ0n) is 23.8. The number of primary amides is 2. The van der Waals surface area contributed by atoms with Gasteiger partial charge in [0.25, 0.3) is 11.8 Å². The van der Waals surface area contributed by atoms with Gasteiger partial charge >= 0.3 is 6.18 Å². The van der Waals surface area contributed by atoms with E-state index in [1.165, 1.54) is 18.3 Å². The molecule has 0 aliphatic rings. The minimum atomic E-state index is -4.40. The number of fused-ring (bicyclic) bond motifs is 2. The van der Waals surface area contributed by atoms with Crippen LogP contribution in [0.25, 0.3) is 44.1 Å². The number of rotatable bonds is 5. The molecule has 0 saturated heterocycles. The number of aryl methyl sites for hydroxylation is 1. The molecule has 12 heteroatoms. The fourth-order valence-corrected chi connectivity index (χ4v) is 4.71. The number of hydrogen-bond acceptors (Lipinski definition) is 7. The summed E-state index contributed by atoms with van der Waals surface area (Å²) in [6, 6.07) is 17.7. The van der Waals surface area contributed by atoms with E-state index in [4.69, 9.17) is 17.2 Å². The predicted octanol–water partition coefficient (Wildman–Crippen LogP) is 5.58. The summed E-state index contributed by atoms with van der Waals surface area (Å²) in [5.41, 5.74) is 21.6. The Kier molecular flexibility index (Phi) is 8.50. The van der Waals surface area contributed by atoms with Crippen LogP contribution in [0.2, 0.25) is 0 Å². The van der Waals surface area contributed by atoms with Gasteiger partial charge in [0.15, 0.2) is 0 Å². The number of halogens is 3. The number of nitrogens with zero attached hydrogens (tertiary/aromatic N) is 4. The summed E-state index contributed by atoms with van der Waals surface area (Å²) in [5, 5.41) is 1.54. The molecule has 9 nitrogen and oxygen atoms in total. The highest BCUT2D eigenvalue weighted by atomic mass is 19.4. The summed E-state index contributed by atoms with van der Waals surface area (Å²) < 4.78 is 38.1. The number of nitrogens with two attached hydrogens (primary N) is 3. The second-order valence-electron chi connectivity index (χ2n) is 10.1. The highest BCUT2D eigenvalue weighted by Gasteiger charge is 2.30. The molecule has 0 atom stereocenters. The third kappa shape index (κ3) is 6.60. The first-order chi connectivity index (χ1) is 21.5. The molecule has 0 saturated carbocycles. The number of hydrogen-bond donors (Lipinski definition) is 3. The van der Waals surface area contributed by atoms with E-state index in [0.29, 0.717) is 39.7 Å². The Morgan fingerprint density at radius 1 is 0.711 bits per heavy atom. The maximum Gasteiger partial charge on any atom is 0.416 e. The number of aromatic nitrogens is 4. The second-order valence-corrected chi connectivity index (χ2v) is 10.1. The third-order valence-electron chi connectivity index (χ3n) is 7.02. The van der Waals surface area contributed by atoms with Crippen LogP contribution in [0.1, 0.15) is 37.7 Å². The largest absolute Gasteiger partial charge is 0.416 e. The summed E-state index contributed by atoms with van der Waals surface area (Å²) >= 11 is 0. The van der Waals surface area contributed by atoms with Crippen molar-refractivity contribution in [3.8, 4) is 22.3 Å². The van der Waals surface area contributed by atoms with E-state index in [0.717, 1.165) is 34.2 Å². The zero-order valence-corrected chi connectivity index (χ0v) is 23.8. The molecule has 0 aliphatic heterocycles. The minimum absolute atomic E-state index is 0.127. The third-order valence-corrected chi connectivity index (χ3v) is 7.02. The summed E-state index contributed by atoms with van der Waals surface area (Å²) in [6.07, 6.45) is 2.12. The Balaban J connectivity index is 0.000000179. The number of alkyl halides is 3. The van der Waals surface area contributed by atoms with E-state index in [-0.39, 0.29) is 11.4 Å². The van der Waals surface area contributed by atoms with Gasteiger partial charge in [-0.3, -0.25) is 19.6 Å². The van der Waals surface area contributed by atoms with Crippen LogP contribution in [0.15, 0.2) is 91.5 Å². The van der Waals surface area contributed by atoms with Crippen LogP contribution in [0.3, 0.4) is 0 Å². The molecule has 0 spiro atoms. The number of pyridine rings is 4. The highest BCUT2D eigenvalue weighted by molar-refractivity contribution is 5.99. The smallest absolute Gasteiger partial charge is 0.364 e. The first kappa shape index (κ1) is 30.7. The van der Waals surface area contributed by atoms with Gasteiger partial charge in [0, 0.05) is 53.2 Å². The molecule has 0 unspecified atom stereocenters. The molecule has 6 N–H and O–H groups in total. The van der Waals surface area contributed by atoms with E-state index < -0.39 is 23.6 Å². The maximum absolute atomic E-state index is 12.7. The summed E-state index contributed by atoms with van der Waals surface area (Å²) in [6.45, 7) is 2.20. The molecular weight excluding hydrogens is 583 g/mol. The maximum atomic E-state index is 12.7. The Hall–Kier alpha value is -5.75. The van der Waals surface area contributed by atoms with Crippen LogP contribution >= 0.6 is 0 Å². The summed E-state index contributed by atoms with van der Waals surface area (Å²) in [7, 11) is 0. The molecule has 45 heavy (non-hydrogen) atoms. The van der Waals surface area contributed by atoms with E-state index in [1.54, 1.807) is 43.7 Å². The second kappa shape index (κ2) is 12.5. The molecule has 2 amide bonds. The Morgan fingerprint density at radius 2 is 1.27 bits per heavy atom. The van der Waals surface area contributed by atoms with Crippen molar-refractivity contribution in [3.05, 3.63) is 120 Å². The molecule has 226 valence electrons. The Labute approximate surface area is 255 Å². The van der Waals surface area contributed by atoms with Crippen molar-refractivity contribution in [2.45, 2.75) is 19.6 Å². The molecule has 6 rings (SSSR count). The van der Waals surface area contributed by atoms with Gasteiger partial charge in [-0.05, 0) is 59.5 Å². The number of carbonyl (C=O) groups is 2. The van der Waals surface area contributed by atoms with Crippen molar-refractivity contribution >= 4 is 33.6 Å². The average molecular weight is 610 g/mol. The van der Waals surface area contributed by atoms with Crippen molar-refractivity contribution in [3.63, 3.8) is 0 Å². The van der Waals surface area contributed by atoms with Crippen molar-refractivity contribution < 1.29 is 22.8 Å². The lowest BCUT2D eigenvalue weighted by molar-refractivity contribution is -0.137. The van der Waals surface area contributed by atoms with E-state index in [2.05, 4.69) is 19.9 Å². The van der Waals surface area contributed by atoms with Gasteiger partial charge in [-0.2, -0.15) is 13.2 Å². The predicted molar refractivity (Wildman–Crippen MR) is 165 cm³/mol. The highest BCUT2D eigenvalue weighted by Crippen LogP contribution is 2.33. The first-order valence-corrected chi connectivity index (χ1v) is 13.5. The molecule has 4 aromatic heterocycles. The molecule has 0 aliphatic carbocycles. The van der Waals surface area contributed by atoms with Crippen LogP contribution < -0.4 is 17.2 Å². The standard InChI is InChI=1S/C17H12F3N3O.C16H14N4O/c1-9-6-11-7-22-8-13(15(11)23-14(9)16(21)24)10-2-4-12(5-3-10)17(18,19)20;17-7-10-1-3-11(4-2-10)13-9-19-8-12-5-6-14(16(18)21)20-15(12)13/h2-8H,1H3,(H2,21,24);1-6,8-9H,7,17H2,(H2,18,21). The lowest BCUT2D eigenvalue weighted by Crippen LogP contribution is -2.15. The quantitative estimate of drug-likeness (QED) is 0.230. The fourth-order valence-electron chi connectivity index (χ4n) is 4.71. The fraction of sp³-hybridized carbons (Fsp3) is 0.0909. The molecule has 0 radical (unpaired) electrons. The SMILES string of the molecule is Cc1cc2cncc(-c3ccc(C(F)(F)F)cc3)c2nc1C(N)=O.NCc1ccc(-c2cncc3ccc(C(N)=O)nc23)cc1. The summed E-state index contributed by atoms with van der Waals surface area (Å²) in [5.74, 6) is -1.21. The Bertz CT molecular complexity index is 2050. The lowest BCUT2D eigenvalue weighted by atomic mass is 10.0. The first-order valence-electron chi connectivity index (χ1n) is 13.5. The van der Waals surface area contributed by atoms with Gasteiger partial charge in [-0.25, -0.2) is 9.97 Å². The molecule has 4 heterocycles. The molecule has 2 aromatic carbocycles. The normalized spacial score (nSPS) is 11.2. The Morgan fingerprint density at radius 3 is 1.80 bits per heavy atom. The zero-order chi connectivity index (χ0) is 32.3. The van der Waals surface area contributed by atoms with Crippen molar-refractivity contribution in [2.75, 3.05) is 0 Å². The van der Waals surface area contributed by atoms with Crippen molar-refractivity contribution in [1.29, 1.82) is 0 Å². The summed E-state index contributed by atoms with van der Waals surface area (Å²) in [4.78, 5) is 39.8. The van der Waals surface area contributed by atoms with Gasteiger partial charge in [-0.1, -0.05) is 36.4 Å². The lowest BCUT2D eigenvalue weighted by Gasteiger charge is -2.10. The molecule has 6 aromatic rings. The average Bonchev–Trinajstić information content (AvgIpc) is 3.03. The monoisotopic (exact) mass is 609 g/mol. The molecule has 0 bridgehead atoms. The van der Waals surface area contributed by atoms with Gasteiger partial charge in [0.1, 0.15) is 11.4 Å². The van der Waals surface area contributed by atoms with Gasteiger partial charge < -0.3 is 17.2 Å². The van der Waals surface area contributed by atoms with Gasteiger partial charge in [0.05, 0.1) is 16.6 Å². The van der Waals surface area contributed by atoms with Crippen LogP contribution in [0.5, 0.6) is 0 Å². The van der Waals surface area contributed by atoms with Crippen molar-refractivity contribution in [2.24, 2.45) is 17.2 Å². The number of amides is 2. The van der Waals surface area contributed by atoms with Crippen molar-refractivity contribution in [1.82, 2.24) is 19.9 Å². The van der Waals surface area contributed by atoms with E-state index in [9.17, 15) is 22.8 Å².